The summed E-state index contributed by atoms with van der Waals surface area (Å²) in [6.07, 6.45) is 2.28. The summed E-state index contributed by atoms with van der Waals surface area (Å²) in [6.45, 7) is 0.984. The third-order valence-corrected chi connectivity index (χ3v) is 4.02. The first-order chi connectivity index (χ1) is 6.18. The van der Waals surface area contributed by atoms with Gasteiger partial charge in [0.05, 0.1) is 18.6 Å². The summed E-state index contributed by atoms with van der Waals surface area (Å²) in [6, 6.07) is 3.55. The van der Waals surface area contributed by atoms with Gasteiger partial charge in [0.2, 0.25) is 10.0 Å². The Kier molecular flexibility index (Phi) is 2.13. The minimum absolute atomic E-state index is 0.272. The van der Waals surface area contributed by atoms with Gasteiger partial charge in [-0.2, -0.15) is 4.31 Å². The van der Waals surface area contributed by atoms with Crippen molar-refractivity contribution >= 4 is 10.0 Å². The molecule has 0 aliphatic carbocycles. The van der Waals surface area contributed by atoms with Crippen LogP contribution in [-0.2, 0) is 16.6 Å². The van der Waals surface area contributed by atoms with Crippen LogP contribution < -0.4 is 0 Å². The zero-order chi connectivity index (χ0) is 9.31. The van der Waals surface area contributed by atoms with Crippen LogP contribution in [0.3, 0.4) is 0 Å². The number of hydrogen-bond donors (Lipinski definition) is 0. The Labute approximate surface area is 77.2 Å². The lowest BCUT2D eigenvalue weighted by Gasteiger charge is -2.11. The topological polar surface area (TPSA) is 50.5 Å². The van der Waals surface area contributed by atoms with Gasteiger partial charge in [-0.05, 0) is 18.6 Å². The highest BCUT2D eigenvalue weighted by Gasteiger charge is 2.28. The zero-order valence-corrected chi connectivity index (χ0v) is 7.96. The van der Waals surface area contributed by atoms with E-state index in [9.17, 15) is 8.42 Å². The van der Waals surface area contributed by atoms with E-state index in [4.69, 9.17) is 4.42 Å². The summed E-state index contributed by atoms with van der Waals surface area (Å²) in [4.78, 5) is 0. The predicted molar refractivity (Wildman–Crippen MR) is 47.5 cm³/mol. The average molecular weight is 201 g/mol. The smallest absolute Gasteiger partial charge is 0.214 e. The molecule has 0 spiro atoms. The van der Waals surface area contributed by atoms with Crippen LogP contribution in [0.2, 0.25) is 0 Å². The van der Waals surface area contributed by atoms with Crippen molar-refractivity contribution in [2.75, 3.05) is 12.3 Å². The predicted octanol–water partition coefficient (Wildman–Crippen LogP) is 0.815. The summed E-state index contributed by atoms with van der Waals surface area (Å²) in [5, 5.41) is 0. The van der Waals surface area contributed by atoms with Gasteiger partial charge in [0.25, 0.3) is 0 Å². The highest BCUT2D eigenvalue weighted by molar-refractivity contribution is 7.89. The van der Waals surface area contributed by atoms with Crippen molar-refractivity contribution in [1.29, 1.82) is 0 Å². The molecular weight excluding hydrogens is 190 g/mol. The highest BCUT2D eigenvalue weighted by Crippen LogP contribution is 2.17. The van der Waals surface area contributed by atoms with Gasteiger partial charge in [0.15, 0.2) is 0 Å². The summed E-state index contributed by atoms with van der Waals surface area (Å²) in [7, 11) is -2.99. The van der Waals surface area contributed by atoms with Crippen LogP contribution in [0, 0.1) is 0 Å². The molecular formula is C8H11NO3S. The van der Waals surface area contributed by atoms with Gasteiger partial charge in [-0.25, -0.2) is 8.42 Å². The van der Waals surface area contributed by atoms with Crippen molar-refractivity contribution in [3.8, 4) is 0 Å². The van der Waals surface area contributed by atoms with Gasteiger partial charge in [-0.1, -0.05) is 0 Å². The second-order valence-corrected chi connectivity index (χ2v) is 5.17. The molecule has 1 aromatic heterocycles. The second-order valence-electron chi connectivity index (χ2n) is 3.08. The molecule has 1 aromatic rings. The van der Waals surface area contributed by atoms with E-state index in [0.29, 0.717) is 18.8 Å². The molecule has 13 heavy (non-hydrogen) atoms. The zero-order valence-electron chi connectivity index (χ0n) is 7.14. The van der Waals surface area contributed by atoms with Crippen molar-refractivity contribution < 1.29 is 12.8 Å². The molecule has 2 heterocycles. The van der Waals surface area contributed by atoms with Crippen molar-refractivity contribution in [3.63, 3.8) is 0 Å². The lowest BCUT2D eigenvalue weighted by Crippen LogP contribution is -2.24. The molecule has 72 valence electrons. The quantitative estimate of drug-likeness (QED) is 0.711. The summed E-state index contributed by atoms with van der Waals surface area (Å²) < 4.78 is 29.3. The molecule has 1 fully saturated rings. The van der Waals surface area contributed by atoms with Crippen LogP contribution in [0.4, 0.5) is 0 Å². The molecule has 0 bridgehead atoms. The molecule has 1 saturated heterocycles. The SMILES string of the molecule is O=S1(=O)CCCN1Cc1ccco1. The summed E-state index contributed by atoms with van der Waals surface area (Å²) in [5.74, 6) is 0.971. The fraction of sp³-hybridized carbons (Fsp3) is 0.500. The number of nitrogens with zero attached hydrogens (tertiary/aromatic N) is 1. The minimum atomic E-state index is -2.99. The largest absolute Gasteiger partial charge is 0.468 e. The van der Waals surface area contributed by atoms with Gasteiger partial charge in [-0.3, -0.25) is 0 Å². The molecule has 0 radical (unpaired) electrons. The molecule has 0 atom stereocenters. The van der Waals surface area contributed by atoms with Crippen LogP contribution in [-0.4, -0.2) is 25.0 Å². The minimum Gasteiger partial charge on any atom is -0.468 e. The van der Waals surface area contributed by atoms with Crippen LogP contribution in [0.5, 0.6) is 0 Å². The number of furan rings is 1. The Bertz CT molecular complexity index is 368. The van der Waals surface area contributed by atoms with Crippen LogP contribution >= 0.6 is 0 Å². The molecule has 1 aliphatic rings. The van der Waals surface area contributed by atoms with E-state index in [2.05, 4.69) is 0 Å². The lowest BCUT2D eigenvalue weighted by atomic mass is 10.4. The van der Waals surface area contributed by atoms with E-state index >= 15 is 0 Å². The van der Waals surface area contributed by atoms with E-state index < -0.39 is 10.0 Å². The molecule has 1 aliphatic heterocycles. The van der Waals surface area contributed by atoms with Gasteiger partial charge in [0, 0.05) is 6.54 Å². The molecule has 0 unspecified atom stereocenters. The lowest BCUT2D eigenvalue weighted by molar-refractivity contribution is 0.385. The summed E-state index contributed by atoms with van der Waals surface area (Å²) >= 11 is 0. The standard InChI is InChI=1S/C8H11NO3S/c10-13(11)6-2-4-9(13)7-8-3-1-5-12-8/h1,3,5H,2,4,6-7H2. The Morgan fingerprint density at radius 1 is 1.54 bits per heavy atom. The van der Waals surface area contributed by atoms with E-state index in [0.717, 1.165) is 6.42 Å². The maximum Gasteiger partial charge on any atom is 0.214 e. The van der Waals surface area contributed by atoms with Crippen molar-refractivity contribution in [2.24, 2.45) is 0 Å². The Morgan fingerprint density at radius 2 is 2.38 bits per heavy atom. The van der Waals surface area contributed by atoms with Gasteiger partial charge in [0.1, 0.15) is 5.76 Å². The monoisotopic (exact) mass is 201 g/mol. The average Bonchev–Trinajstić information content (AvgIpc) is 2.63. The Morgan fingerprint density at radius 3 is 2.92 bits per heavy atom. The number of hydrogen-bond acceptors (Lipinski definition) is 3. The number of sulfonamides is 1. The third-order valence-electron chi connectivity index (χ3n) is 2.12. The maximum atomic E-state index is 11.4. The van der Waals surface area contributed by atoms with Crippen molar-refractivity contribution in [2.45, 2.75) is 13.0 Å². The Hall–Kier alpha value is -0.810. The van der Waals surface area contributed by atoms with E-state index in [1.54, 1.807) is 18.4 Å². The van der Waals surface area contributed by atoms with Crippen molar-refractivity contribution in [1.82, 2.24) is 4.31 Å². The molecule has 0 amide bonds. The van der Waals surface area contributed by atoms with E-state index in [1.165, 1.54) is 4.31 Å². The molecule has 5 heteroatoms. The first-order valence-corrected chi connectivity index (χ1v) is 5.79. The van der Waals surface area contributed by atoms with Gasteiger partial charge >= 0.3 is 0 Å². The van der Waals surface area contributed by atoms with Gasteiger partial charge < -0.3 is 4.42 Å². The van der Waals surface area contributed by atoms with E-state index in [1.807, 2.05) is 0 Å². The fourth-order valence-corrected chi connectivity index (χ4v) is 2.93. The van der Waals surface area contributed by atoms with E-state index in [-0.39, 0.29) is 5.75 Å². The number of rotatable bonds is 2. The maximum absolute atomic E-state index is 11.4. The van der Waals surface area contributed by atoms with Gasteiger partial charge in [-0.15, -0.1) is 0 Å². The first kappa shape index (κ1) is 8.77. The van der Waals surface area contributed by atoms with Crippen LogP contribution in [0.15, 0.2) is 22.8 Å². The van der Waals surface area contributed by atoms with Crippen molar-refractivity contribution in [3.05, 3.63) is 24.2 Å². The van der Waals surface area contributed by atoms with Crippen LogP contribution in [0.1, 0.15) is 12.2 Å². The normalized spacial score (nSPS) is 22.2. The summed E-state index contributed by atoms with van der Waals surface area (Å²) in [5.41, 5.74) is 0. The Balaban J connectivity index is 2.11. The first-order valence-electron chi connectivity index (χ1n) is 4.19. The molecule has 0 N–H and O–H groups in total. The molecule has 0 saturated carbocycles. The van der Waals surface area contributed by atoms with Crippen LogP contribution in [0.25, 0.3) is 0 Å². The molecule has 4 nitrogen and oxygen atoms in total. The molecule has 2 rings (SSSR count). The third kappa shape index (κ3) is 1.76. The fourth-order valence-electron chi connectivity index (χ4n) is 1.45. The highest BCUT2D eigenvalue weighted by atomic mass is 32.2. The second kappa shape index (κ2) is 3.16. The molecule has 0 aromatic carbocycles.